The van der Waals surface area contributed by atoms with Crippen molar-refractivity contribution in [1.29, 1.82) is 0 Å². The molecule has 1 N–H and O–H groups in total. The fourth-order valence-electron chi connectivity index (χ4n) is 3.41. The zero-order valence-electron chi connectivity index (χ0n) is 10.9. The Labute approximate surface area is 107 Å². The van der Waals surface area contributed by atoms with Crippen molar-refractivity contribution in [2.45, 2.75) is 44.9 Å². The van der Waals surface area contributed by atoms with Crippen LogP contribution in [-0.4, -0.2) is 11.8 Å². The number of rotatable bonds is 2. The Kier molecular flexibility index (Phi) is 1.95. The molecule has 3 aliphatic rings. The zero-order valence-corrected chi connectivity index (χ0v) is 10.9. The monoisotopic (exact) mass is 245 g/mol. The molecule has 0 aromatic heterocycles. The maximum absolute atomic E-state index is 5.77. The Morgan fingerprint density at radius 1 is 1.17 bits per heavy atom. The average Bonchev–Trinajstić information content (AvgIpc) is 2.88. The molecule has 1 aliphatic heterocycles. The van der Waals surface area contributed by atoms with Gasteiger partial charge in [-0.1, -0.05) is 0 Å². The number of hydrogen-bond donors (Lipinski definition) is 1. The molecule has 1 aromatic rings. The molecule has 3 atom stereocenters. The highest BCUT2D eigenvalue weighted by Gasteiger charge is 2.48. The normalized spacial score (nSPS) is 34.2. The molecule has 3 nitrogen and oxygen atoms in total. The van der Waals surface area contributed by atoms with Crippen molar-refractivity contribution in [2.24, 2.45) is 11.8 Å². The quantitative estimate of drug-likeness (QED) is 0.866. The van der Waals surface area contributed by atoms with E-state index in [0.29, 0.717) is 6.04 Å². The summed E-state index contributed by atoms with van der Waals surface area (Å²) in [5, 5.41) is 3.65. The van der Waals surface area contributed by atoms with E-state index < -0.39 is 5.79 Å². The van der Waals surface area contributed by atoms with E-state index in [-0.39, 0.29) is 0 Å². The van der Waals surface area contributed by atoms with Crippen LogP contribution in [-0.2, 0) is 0 Å². The van der Waals surface area contributed by atoms with Gasteiger partial charge in [-0.15, -0.1) is 0 Å². The predicted molar refractivity (Wildman–Crippen MR) is 70.0 cm³/mol. The van der Waals surface area contributed by atoms with Crippen molar-refractivity contribution < 1.29 is 9.47 Å². The summed E-state index contributed by atoms with van der Waals surface area (Å²) in [5.74, 6) is 3.11. The van der Waals surface area contributed by atoms with Crippen LogP contribution < -0.4 is 14.8 Å². The average molecular weight is 245 g/mol. The van der Waals surface area contributed by atoms with Gasteiger partial charge >= 0.3 is 0 Å². The first-order valence-corrected chi connectivity index (χ1v) is 6.89. The summed E-state index contributed by atoms with van der Waals surface area (Å²) in [6.07, 6.45) is 4.14. The first-order valence-electron chi connectivity index (χ1n) is 6.89. The van der Waals surface area contributed by atoms with E-state index in [1.807, 2.05) is 19.9 Å². The first-order chi connectivity index (χ1) is 8.61. The molecule has 2 fully saturated rings. The van der Waals surface area contributed by atoms with E-state index in [4.69, 9.17) is 9.47 Å². The van der Waals surface area contributed by atoms with Crippen molar-refractivity contribution in [3.05, 3.63) is 18.2 Å². The highest BCUT2D eigenvalue weighted by molar-refractivity contribution is 5.56. The second-order valence-corrected chi connectivity index (χ2v) is 6.25. The van der Waals surface area contributed by atoms with E-state index >= 15 is 0 Å². The number of hydrogen-bond acceptors (Lipinski definition) is 3. The SMILES string of the molecule is CC1(C)Oc2ccc(NC3CCC4CC43)cc2O1. The van der Waals surface area contributed by atoms with Gasteiger partial charge in [0.15, 0.2) is 11.5 Å². The van der Waals surface area contributed by atoms with E-state index in [9.17, 15) is 0 Å². The predicted octanol–water partition coefficient (Wildman–Crippen LogP) is 3.40. The molecule has 18 heavy (non-hydrogen) atoms. The van der Waals surface area contributed by atoms with Crippen LogP contribution in [0.15, 0.2) is 18.2 Å². The lowest BCUT2D eigenvalue weighted by Crippen LogP contribution is -2.29. The Morgan fingerprint density at radius 2 is 2.00 bits per heavy atom. The summed E-state index contributed by atoms with van der Waals surface area (Å²) < 4.78 is 11.5. The molecule has 96 valence electrons. The molecule has 0 amide bonds. The lowest BCUT2D eigenvalue weighted by atomic mass is 10.1. The topological polar surface area (TPSA) is 30.5 Å². The minimum atomic E-state index is -0.532. The second-order valence-electron chi connectivity index (χ2n) is 6.25. The summed E-state index contributed by atoms with van der Waals surface area (Å²) in [5.41, 5.74) is 1.16. The molecule has 4 rings (SSSR count). The van der Waals surface area contributed by atoms with E-state index in [1.165, 1.54) is 19.3 Å². The van der Waals surface area contributed by atoms with Crippen molar-refractivity contribution >= 4 is 5.69 Å². The van der Waals surface area contributed by atoms with Crippen LogP contribution in [0.4, 0.5) is 5.69 Å². The largest absolute Gasteiger partial charge is 0.449 e. The summed E-state index contributed by atoms with van der Waals surface area (Å²) in [6.45, 7) is 3.87. The van der Waals surface area contributed by atoms with E-state index in [2.05, 4.69) is 17.4 Å². The fourth-order valence-corrected chi connectivity index (χ4v) is 3.41. The minimum absolute atomic E-state index is 0.532. The molecule has 1 aromatic carbocycles. The Bertz CT molecular complexity index is 497. The van der Waals surface area contributed by atoms with Crippen LogP contribution in [0.2, 0.25) is 0 Å². The van der Waals surface area contributed by atoms with Crippen LogP contribution in [0, 0.1) is 11.8 Å². The summed E-state index contributed by atoms with van der Waals surface area (Å²) in [7, 11) is 0. The van der Waals surface area contributed by atoms with Gasteiger partial charge in [0.25, 0.3) is 0 Å². The minimum Gasteiger partial charge on any atom is -0.449 e. The highest BCUT2D eigenvalue weighted by Crippen LogP contribution is 2.52. The van der Waals surface area contributed by atoms with Crippen molar-refractivity contribution in [3.8, 4) is 11.5 Å². The summed E-state index contributed by atoms with van der Waals surface area (Å²) >= 11 is 0. The molecule has 3 unspecified atom stereocenters. The third kappa shape index (κ3) is 1.64. The standard InChI is InChI=1S/C15H19NO2/c1-15(2)17-13-6-4-10(8-14(13)18-15)16-12-5-3-9-7-11(9)12/h4,6,8-9,11-12,16H,3,5,7H2,1-2H3. The van der Waals surface area contributed by atoms with Gasteiger partial charge in [0.2, 0.25) is 5.79 Å². The first kappa shape index (κ1) is 10.5. The Balaban J connectivity index is 1.53. The molecule has 0 radical (unpaired) electrons. The number of benzene rings is 1. The summed E-state index contributed by atoms with van der Waals surface area (Å²) in [6, 6.07) is 6.84. The van der Waals surface area contributed by atoms with Crippen molar-refractivity contribution in [2.75, 3.05) is 5.32 Å². The summed E-state index contributed by atoms with van der Waals surface area (Å²) in [4.78, 5) is 0. The van der Waals surface area contributed by atoms with Crippen LogP contribution in [0.1, 0.15) is 33.1 Å². The van der Waals surface area contributed by atoms with Crippen LogP contribution in [0.5, 0.6) is 11.5 Å². The molecule has 0 spiro atoms. The van der Waals surface area contributed by atoms with Crippen LogP contribution in [0.3, 0.4) is 0 Å². The number of fused-ring (bicyclic) bond motifs is 2. The van der Waals surface area contributed by atoms with E-state index in [0.717, 1.165) is 29.0 Å². The van der Waals surface area contributed by atoms with Gasteiger partial charge in [-0.25, -0.2) is 0 Å². The van der Waals surface area contributed by atoms with Crippen LogP contribution >= 0.6 is 0 Å². The number of ether oxygens (including phenoxy) is 2. The molecule has 1 heterocycles. The number of nitrogens with one attached hydrogen (secondary N) is 1. The molecule has 0 saturated heterocycles. The molecule has 2 saturated carbocycles. The maximum atomic E-state index is 5.77. The molecule has 3 heteroatoms. The molecule has 2 aliphatic carbocycles. The fraction of sp³-hybridized carbons (Fsp3) is 0.600. The highest BCUT2D eigenvalue weighted by atomic mass is 16.7. The third-order valence-electron chi connectivity index (χ3n) is 4.35. The van der Waals surface area contributed by atoms with Gasteiger partial charge in [-0.2, -0.15) is 0 Å². The van der Waals surface area contributed by atoms with Gasteiger partial charge in [0.05, 0.1) is 0 Å². The van der Waals surface area contributed by atoms with E-state index in [1.54, 1.807) is 0 Å². The van der Waals surface area contributed by atoms with Crippen molar-refractivity contribution in [1.82, 2.24) is 0 Å². The third-order valence-corrected chi connectivity index (χ3v) is 4.35. The second kappa shape index (κ2) is 3.34. The Hall–Kier alpha value is -1.38. The van der Waals surface area contributed by atoms with Crippen LogP contribution in [0.25, 0.3) is 0 Å². The molecule has 0 bridgehead atoms. The maximum Gasteiger partial charge on any atom is 0.246 e. The van der Waals surface area contributed by atoms with Gasteiger partial charge in [-0.3, -0.25) is 0 Å². The lowest BCUT2D eigenvalue weighted by Gasteiger charge is -2.16. The van der Waals surface area contributed by atoms with Gasteiger partial charge < -0.3 is 14.8 Å². The van der Waals surface area contributed by atoms with Crippen molar-refractivity contribution in [3.63, 3.8) is 0 Å². The van der Waals surface area contributed by atoms with Gasteiger partial charge in [-0.05, 0) is 43.2 Å². The number of anilines is 1. The van der Waals surface area contributed by atoms with Gasteiger partial charge in [0.1, 0.15) is 0 Å². The smallest absolute Gasteiger partial charge is 0.246 e. The zero-order chi connectivity index (χ0) is 12.3. The molecular formula is C15H19NO2. The van der Waals surface area contributed by atoms with Gasteiger partial charge in [0, 0.05) is 31.6 Å². The Morgan fingerprint density at radius 3 is 2.72 bits per heavy atom. The molecular weight excluding hydrogens is 226 g/mol. The lowest BCUT2D eigenvalue weighted by molar-refractivity contribution is -0.0431.